The van der Waals surface area contributed by atoms with E-state index in [0.29, 0.717) is 0 Å². The number of aromatic nitrogens is 1. The first-order valence-corrected chi connectivity index (χ1v) is 5.01. The number of fused-ring (bicyclic) bond motifs is 3. The molecule has 0 unspecified atom stereocenters. The maximum absolute atomic E-state index is 9.44. The van der Waals surface area contributed by atoms with Gasteiger partial charge in [-0.15, -0.1) is 0 Å². The van der Waals surface area contributed by atoms with E-state index in [0.717, 1.165) is 23.3 Å². The van der Waals surface area contributed by atoms with E-state index in [1.54, 1.807) is 6.07 Å². The first-order valence-electron chi connectivity index (χ1n) is 5.01. The summed E-state index contributed by atoms with van der Waals surface area (Å²) >= 11 is 0. The van der Waals surface area contributed by atoms with E-state index in [4.69, 9.17) is 0 Å². The summed E-state index contributed by atoms with van der Waals surface area (Å²) < 4.78 is 0. The number of allylic oxidation sites excluding steroid dienone is 8. The number of H-pyrrole nitrogens is 1. The standard InChI is InChI=1S/C13H11NO/c15-12-8-10-7-6-9-4-2-1-3-5-11(9)13(10)14-12/h1-6,8,14-15H,7H2. The van der Waals surface area contributed by atoms with E-state index >= 15 is 0 Å². The largest absolute Gasteiger partial charge is 0.495 e. The van der Waals surface area contributed by atoms with E-state index in [2.05, 4.69) is 23.2 Å². The van der Waals surface area contributed by atoms with Crippen molar-refractivity contribution in [3.8, 4) is 5.88 Å². The summed E-state index contributed by atoms with van der Waals surface area (Å²) in [6, 6.07) is 1.79. The van der Waals surface area contributed by atoms with Crippen LogP contribution in [0.2, 0.25) is 0 Å². The maximum atomic E-state index is 9.44. The molecule has 1 aromatic rings. The minimum Gasteiger partial charge on any atom is -0.495 e. The molecule has 74 valence electrons. The lowest BCUT2D eigenvalue weighted by Gasteiger charge is -2.13. The Morgan fingerprint density at radius 2 is 2.13 bits per heavy atom. The minimum atomic E-state index is 0.243. The topological polar surface area (TPSA) is 36.0 Å². The van der Waals surface area contributed by atoms with Crippen LogP contribution >= 0.6 is 0 Å². The molecule has 2 N–H and O–H groups in total. The van der Waals surface area contributed by atoms with Gasteiger partial charge in [0.25, 0.3) is 0 Å². The van der Waals surface area contributed by atoms with Crippen molar-refractivity contribution in [1.82, 2.24) is 4.98 Å². The number of nitrogens with one attached hydrogen (secondary N) is 1. The molecular weight excluding hydrogens is 186 g/mol. The van der Waals surface area contributed by atoms with Crippen LogP contribution < -0.4 is 0 Å². The molecule has 2 nitrogen and oxygen atoms in total. The number of rotatable bonds is 0. The normalized spacial score (nSPS) is 17.6. The molecular formula is C13H11NO. The van der Waals surface area contributed by atoms with Crippen LogP contribution in [0, 0.1) is 0 Å². The van der Waals surface area contributed by atoms with Crippen LogP contribution in [-0.4, -0.2) is 10.1 Å². The molecule has 15 heavy (non-hydrogen) atoms. The monoisotopic (exact) mass is 197 g/mol. The van der Waals surface area contributed by atoms with Crippen LogP contribution in [0.25, 0.3) is 5.57 Å². The summed E-state index contributed by atoms with van der Waals surface area (Å²) in [5.41, 5.74) is 4.57. The summed E-state index contributed by atoms with van der Waals surface area (Å²) in [6.07, 6.45) is 13.3. The van der Waals surface area contributed by atoms with Crippen molar-refractivity contribution < 1.29 is 5.11 Å². The van der Waals surface area contributed by atoms with Crippen LogP contribution in [0.4, 0.5) is 0 Å². The second-order valence-corrected chi connectivity index (χ2v) is 3.74. The first-order chi connectivity index (χ1) is 7.34. The SMILES string of the molecule is Oc1cc2c([nH]1)C1=CC=CC=CC1=CC2. The van der Waals surface area contributed by atoms with Crippen LogP contribution in [0.3, 0.4) is 0 Å². The average Bonchev–Trinajstić information content (AvgIpc) is 2.48. The number of aromatic hydroxyl groups is 1. The summed E-state index contributed by atoms with van der Waals surface area (Å²) in [5.74, 6) is 0.243. The van der Waals surface area contributed by atoms with E-state index in [9.17, 15) is 5.11 Å². The van der Waals surface area contributed by atoms with Gasteiger partial charge in [-0.1, -0.05) is 36.5 Å². The van der Waals surface area contributed by atoms with Gasteiger partial charge in [0, 0.05) is 11.6 Å². The van der Waals surface area contributed by atoms with Gasteiger partial charge in [0.2, 0.25) is 0 Å². The molecule has 0 radical (unpaired) electrons. The number of hydrogen-bond donors (Lipinski definition) is 2. The molecule has 0 spiro atoms. The van der Waals surface area contributed by atoms with Crippen molar-refractivity contribution in [1.29, 1.82) is 0 Å². The molecule has 0 atom stereocenters. The summed E-state index contributed by atoms with van der Waals surface area (Å²) in [6.45, 7) is 0. The van der Waals surface area contributed by atoms with Gasteiger partial charge in [0.15, 0.2) is 5.88 Å². The van der Waals surface area contributed by atoms with Crippen LogP contribution in [0.5, 0.6) is 5.88 Å². The molecule has 0 aliphatic heterocycles. The van der Waals surface area contributed by atoms with Crippen molar-refractivity contribution in [2.75, 3.05) is 0 Å². The van der Waals surface area contributed by atoms with Gasteiger partial charge in [-0.05, 0) is 17.6 Å². The van der Waals surface area contributed by atoms with Gasteiger partial charge in [-0.2, -0.15) is 0 Å². The number of hydrogen-bond acceptors (Lipinski definition) is 1. The highest BCUT2D eigenvalue weighted by atomic mass is 16.3. The van der Waals surface area contributed by atoms with Gasteiger partial charge < -0.3 is 10.1 Å². The lowest BCUT2D eigenvalue weighted by molar-refractivity contribution is 0.456. The van der Waals surface area contributed by atoms with Crippen molar-refractivity contribution in [3.63, 3.8) is 0 Å². The second-order valence-electron chi connectivity index (χ2n) is 3.74. The number of aromatic amines is 1. The van der Waals surface area contributed by atoms with E-state index in [1.165, 1.54) is 5.57 Å². The Morgan fingerprint density at radius 1 is 1.20 bits per heavy atom. The fraction of sp³-hybridized carbons (Fsp3) is 0.0769. The Kier molecular flexibility index (Phi) is 1.68. The zero-order chi connectivity index (χ0) is 10.3. The minimum absolute atomic E-state index is 0.243. The predicted molar refractivity (Wildman–Crippen MR) is 60.5 cm³/mol. The van der Waals surface area contributed by atoms with Gasteiger partial charge in [0.05, 0.1) is 5.69 Å². The highest BCUT2D eigenvalue weighted by Crippen LogP contribution is 2.34. The van der Waals surface area contributed by atoms with Crippen LogP contribution in [-0.2, 0) is 6.42 Å². The molecule has 0 bridgehead atoms. The Labute approximate surface area is 87.9 Å². The van der Waals surface area contributed by atoms with Gasteiger partial charge in [-0.3, -0.25) is 0 Å². The first kappa shape index (κ1) is 8.36. The molecule has 0 amide bonds. The molecule has 2 aliphatic carbocycles. The Morgan fingerprint density at radius 3 is 3.07 bits per heavy atom. The van der Waals surface area contributed by atoms with Gasteiger partial charge in [0.1, 0.15) is 0 Å². The van der Waals surface area contributed by atoms with Crippen molar-refractivity contribution in [2.24, 2.45) is 0 Å². The Bertz CT molecular complexity index is 527. The summed E-state index contributed by atoms with van der Waals surface area (Å²) in [4.78, 5) is 3.00. The third kappa shape index (κ3) is 1.26. The summed E-state index contributed by atoms with van der Waals surface area (Å²) in [5, 5.41) is 9.44. The van der Waals surface area contributed by atoms with E-state index in [1.807, 2.05) is 18.2 Å². The fourth-order valence-corrected chi connectivity index (χ4v) is 2.07. The third-order valence-corrected chi connectivity index (χ3v) is 2.77. The second kappa shape index (κ2) is 3.02. The van der Waals surface area contributed by atoms with Crippen LogP contribution in [0.1, 0.15) is 11.3 Å². The maximum Gasteiger partial charge on any atom is 0.188 e. The molecule has 2 heteroatoms. The van der Waals surface area contributed by atoms with Gasteiger partial charge in [-0.25, -0.2) is 0 Å². The molecule has 2 aliphatic rings. The molecule has 0 fully saturated rings. The van der Waals surface area contributed by atoms with Crippen LogP contribution in [0.15, 0.2) is 48.1 Å². The van der Waals surface area contributed by atoms with E-state index in [-0.39, 0.29) is 5.88 Å². The zero-order valence-corrected chi connectivity index (χ0v) is 8.20. The molecule has 3 rings (SSSR count). The van der Waals surface area contributed by atoms with E-state index < -0.39 is 0 Å². The lowest BCUT2D eigenvalue weighted by Crippen LogP contribution is -1.98. The summed E-state index contributed by atoms with van der Waals surface area (Å²) in [7, 11) is 0. The fourth-order valence-electron chi connectivity index (χ4n) is 2.07. The Hall–Kier alpha value is -1.96. The zero-order valence-electron chi connectivity index (χ0n) is 8.20. The molecule has 1 heterocycles. The highest BCUT2D eigenvalue weighted by molar-refractivity contribution is 5.85. The van der Waals surface area contributed by atoms with Crippen molar-refractivity contribution in [3.05, 3.63) is 59.4 Å². The van der Waals surface area contributed by atoms with Crippen molar-refractivity contribution >= 4 is 5.57 Å². The highest BCUT2D eigenvalue weighted by Gasteiger charge is 2.17. The lowest BCUT2D eigenvalue weighted by atomic mass is 9.92. The molecule has 0 saturated carbocycles. The third-order valence-electron chi connectivity index (χ3n) is 2.77. The molecule has 0 aromatic carbocycles. The quantitative estimate of drug-likeness (QED) is 0.659. The van der Waals surface area contributed by atoms with Crippen molar-refractivity contribution in [2.45, 2.75) is 6.42 Å². The Balaban J connectivity index is 2.21. The van der Waals surface area contributed by atoms with Gasteiger partial charge >= 0.3 is 0 Å². The molecule has 1 aromatic heterocycles. The smallest absolute Gasteiger partial charge is 0.188 e. The predicted octanol–water partition coefficient (Wildman–Crippen LogP) is 2.71. The molecule has 0 saturated heterocycles. The average molecular weight is 197 g/mol.